The summed E-state index contributed by atoms with van der Waals surface area (Å²) in [5.41, 5.74) is 1.72. The maximum Gasteiger partial charge on any atom is 0.491 e. The molecule has 1 aromatic heterocycles. The molecule has 1 aliphatic heterocycles. The second-order valence-electron chi connectivity index (χ2n) is 6.68. The van der Waals surface area contributed by atoms with Crippen molar-refractivity contribution in [3.05, 3.63) is 46.8 Å². The molecule has 2 aromatic rings. The molecule has 8 nitrogen and oxygen atoms in total. The van der Waals surface area contributed by atoms with Gasteiger partial charge in [0.1, 0.15) is 24.0 Å². The highest BCUT2D eigenvalue weighted by molar-refractivity contribution is 6.61. The summed E-state index contributed by atoms with van der Waals surface area (Å²) in [6.07, 6.45) is -0.215. The monoisotopic (exact) mass is 393 g/mol. The van der Waals surface area contributed by atoms with Gasteiger partial charge in [-0.1, -0.05) is 6.07 Å². The van der Waals surface area contributed by atoms with Crippen LogP contribution < -0.4 is 14.9 Å². The lowest BCUT2D eigenvalue weighted by molar-refractivity contribution is 0.0543. The van der Waals surface area contributed by atoms with Gasteiger partial charge in [-0.25, -0.2) is 4.85 Å². The quantitative estimate of drug-likeness (QED) is 0.439. The van der Waals surface area contributed by atoms with Crippen LogP contribution in [0.3, 0.4) is 0 Å². The first kappa shape index (κ1) is 20.6. The van der Waals surface area contributed by atoms with Crippen LogP contribution in [0, 0.1) is 17.9 Å². The summed E-state index contributed by atoms with van der Waals surface area (Å²) < 4.78 is 22.2. The Morgan fingerprint density at radius 3 is 2.83 bits per heavy atom. The third-order valence-electron chi connectivity index (χ3n) is 4.26. The number of aromatic nitrogens is 1. The van der Waals surface area contributed by atoms with Gasteiger partial charge < -0.3 is 23.9 Å². The van der Waals surface area contributed by atoms with Crippen molar-refractivity contribution in [2.75, 3.05) is 13.2 Å². The fraction of sp³-hybridized carbons (Fsp3) is 0.350. The Balaban J connectivity index is 1.85. The van der Waals surface area contributed by atoms with Gasteiger partial charge in [-0.15, -0.1) is 0 Å². The minimum atomic E-state index is -0.965. The van der Waals surface area contributed by atoms with Crippen LogP contribution in [0.4, 0.5) is 5.69 Å². The zero-order valence-corrected chi connectivity index (χ0v) is 16.4. The van der Waals surface area contributed by atoms with E-state index in [2.05, 4.69) is 9.83 Å². The van der Waals surface area contributed by atoms with Crippen LogP contribution in [0.1, 0.15) is 38.0 Å². The van der Waals surface area contributed by atoms with Crippen LogP contribution in [0.15, 0.2) is 24.3 Å². The molecule has 0 bridgehead atoms. The summed E-state index contributed by atoms with van der Waals surface area (Å²) in [7, 11) is -0.965. The molecule has 1 aliphatic rings. The molecule has 0 radical (unpaired) electrons. The van der Waals surface area contributed by atoms with Crippen LogP contribution in [0.25, 0.3) is 4.85 Å². The molecule has 0 amide bonds. The van der Waals surface area contributed by atoms with E-state index >= 15 is 0 Å². The molecule has 29 heavy (non-hydrogen) atoms. The van der Waals surface area contributed by atoms with Gasteiger partial charge in [-0.05, 0) is 50.0 Å². The Kier molecular flexibility index (Phi) is 6.35. The molecule has 1 atom stereocenters. The summed E-state index contributed by atoms with van der Waals surface area (Å²) in [6.45, 7) is 13.5. The number of hydrogen-bond donors (Lipinski definition) is 1. The lowest BCUT2D eigenvalue weighted by Crippen LogP contribution is -2.27. The number of ether oxygens (including phenoxy) is 3. The number of hydrogen-bond acceptors (Lipinski definition) is 7. The predicted octanol–water partition coefficient (Wildman–Crippen LogP) is 2.88. The van der Waals surface area contributed by atoms with E-state index in [0.717, 1.165) is 5.56 Å². The Morgan fingerprint density at radius 1 is 1.34 bits per heavy atom. The largest absolute Gasteiger partial charge is 0.491 e. The maximum absolute atomic E-state index is 9.87. The lowest BCUT2D eigenvalue weighted by atomic mass is 9.79. The fourth-order valence-corrected chi connectivity index (χ4v) is 2.88. The first-order valence-corrected chi connectivity index (χ1v) is 9.15. The van der Waals surface area contributed by atoms with E-state index in [1.165, 1.54) is 6.07 Å². The van der Waals surface area contributed by atoms with E-state index in [1.54, 1.807) is 18.2 Å². The topological polar surface area (TPSA) is 98.2 Å². The van der Waals surface area contributed by atoms with E-state index in [9.17, 15) is 10.3 Å². The normalized spacial score (nSPS) is 15.0. The second-order valence-corrected chi connectivity index (χ2v) is 6.68. The van der Waals surface area contributed by atoms with Crippen molar-refractivity contribution in [2.24, 2.45) is 0 Å². The summed E-state index contributed by atoms with van der Waals surface area (Å²) >= 11 is 0. The van der Waals surface area contributed by atoms with Crippen molar-refractivity contribution in [1.29, 1.82) is 5.26 Å². The Labute approximate surface area is 169 Å². The Bertz CT molecular complexity index is 983. The van der Waals surface area contributed by atoms with Crippen molar-refractivity contribution in [3.63, 3.8) is 0 Å². The van der Waals surface area contributed by atoms with E-state index < -0.39 is 7.12 Å². The zero-order chi connectivity index (χ0) is 21.0. The first-order valence-electron chi connectivity index (χ1n) is 9.15. The van der Waals surface area contributed by atoms with Crippen molar-refractivity contribution >= 4 is 18.3 Å². The predicted molar refractivity (Wildman–Crippen MR) is 105 cm³/mol. The number of fused-ring (bicyclic) bond motifs is 1. The average molecular weight is 393 g/mol. The SMILES string of the molecule is [C-]#[N+]c1cc(C#N)c(Oc2ccc3c(c2)C(C)OB3O)nc1OCCOC(C)C. The summed E-state index contributed by atoms with van der Waals surface area (Å²) in [5, 5.41) is 19.3. The van der Waals surface area contributed by atoms with Crippen molar-refractivity contribution < 1.29 is 23.9 Å². The Hall–Kier alpha value is -3.11. The lowest BCUT2D eigenvalue weighted by Gasteiger charge is -2.13. The molecule has 1 N–H and O–H groups in total. The van der Waals surface area contributed by atoms with Gasteiger partial charge in [-0.2, -0.15) is 10.2 Å². The van der Waals surface area contributed by atoms with E-state index in [1.807, 2.05) is 26.8 Å². The highest BCUT2D eigenvalue weighted by Gasteiger charge is 2.32. The van der Waals surface area contributed by atoms with Crippen molar-refractivity contribution in [3.8, 4) is 23.6 Å². The standard InChI is InChI=1S/C20H20BN3O5/c1-12(2)26-7-8-27-20-18(23-4)9-14(11-22)19(24-20)28-15-5-6-17-16(10-15)13(3)29-21(17)25/h5-6,9-10,12-13,25H,7-8H2,1-3H3. The molecule has 1 aromatic carbocycles. The summed E-state index contributed by atoms with van der Waals surface area (Å²) in [4.78, 5) is 7.61. The van der Waals surface area contributed by atoms with Crippen LogP contribution in [0.2, 0.25) is 0 Å². The maximum atomic E-state index is 9.87. The number of rotatable bonds is 7. The van der Waals surface area contributed by atoms with Crippen LogP contribution in [0.5, 0.6) is 17.5 Å². The van der Waals surface area contributed by atoms with Crippen LogP contribution in [-0.2, 0) is 9.39 Å². The molecule has 148 valence electrons. The smallest absolute Gasteiger partial charge is 0.484 e. The number of nitrogens with zero attached hydrogens (tertiary/aromatic N) is 3. The highest BCUT2D eigenvalue weighted by atomic mass is 16.5. The minimum absolute atomic E-state index is 0.0340. The molecule has 0 spiro atoms. The number of benzene rings is 1. The molecule has 3 rings (SSSR count). The third-order valence-corrected chi connectivity index (χ3v) is 4.26. The van der Waals surface area contributed by atoms with E-state index in [4.69, 9.17) is 25.4 Å². The zero-order valence-electron chi connectivity index (χ0n) is 16.4. The average Bonchev–Trinajstić information content (AvgIpc) is 2.98. The van der Waals surface area contributed by atoms with Gasteiger partial charge in [-0.3, -0.25) is 0 Å². The molecule has 9 heteroatoms. The van der Waals surface area contributed by atoms with Gasteiger partial charge in [0.25, 0.3) is 0 Å². The van der Waals surface area contributed by atoms with Crippen molar-refractivity contribution in [1.82, 2.24) is 4.98 Å². The minimum Gasteiger partial charge on any atom is -0.484 e. The molecular formula is C20H20BN3O5. The molecular weight excluding hydrogens is 373 g/mol. The van der Waals surface area contributed by atoms with Crippen LogP contribution >= 0.6 is 0 Å². The fourth-order valence-electron chi connectivity index (χ4n) is 2.88. The van der Waals surface area contributed by atoms with E-state index in [-0.39, 0.29) is 41.8 Å². The van der Waals surface area contributed by atoms with Gasteiger partial charge in [0.15, 0.2) is 0 Å². The molecule has 2 heterocycles. The highest BCUT2D eigenvalue weighted by Crippen LogP contribution is 2.34. The summed E-state index contributed by atoms with van der Waals surface area (Å²) in [6, 6.07) is 8.48. The Morgan fingerprint density at radius 2 is 2.14 bits per heavy atom. The van der Waals surface area contributed by atoms with Gasteiger partial charge >= 0.3 is 7.12 Å². The number of pyridine rings is 1. The van der Waals surface area contributed by atoms with Gasteiger partial charge in [0, 0.05) is 0 Å². The first-order chi connectivity index (χ1) is 13.9. The van der Waals surface area contributed by atoms with Gasteiger partial charge in [0.05, 0.1) is 25.4 Å². The third kappa shape index (κ3) is 4.66. The molecule has 0 aliphatic carbocycles. The molecule has 1 unspecified atom stereocenters. The number of nitriles is 1. The molecule has 0 saturated heterocycles. The molecule has 0 saturated carbocycles. The second kappa shape index (κ2) is 8.93. The molecule has 0 fully saturated rings. The summed E-state index contributed by atoms with van der Waals surface area (Å²) in [5.74, 6) is 0.545. The van der Waals surface area contributed by atoms with Crippen LogP contribution in [-0.4, -0.2) is 36.4 Å². The van der Waals surface area contributed by atoms with Gasteiger partial charge in [0.2, 0.25) is 17.4 Å². The van der Waals surface area contributed by atoms with E-state index in [0.29, 0.717) is 17.8 Å². The van der Waals surface area contributed by atoms with Crippen molar-refractivity contribution in [2.45, 2.75) is 33.0 Å².